The highest BCUT2D eigenvalue weighted by molar-refractivity contribution is 7.92. The van der Waals surface area contributed by atoms with Crippen LogP contribution in [0.2, 0.25) is 0 Å². The summed E-state index contributed by atoms with van der Waals surface area (Å²) in [6.45, 7) is 6.58. The molecule has 0 aliphatic carbocycles. The molecule has 2 unspecified atom stereocenters. The minimum absolute atomic E-state index is 0.0698. The summed E-state index contributed by atoms with van der Waals surface area (Å²) in [7, 11) is -1.95. The first kappa shape index (κ1) is 17.4. The average Bonchev–Trinajstić information content (AvgIpc) is 2.29. The van der Waals surface area contributed by atoms with E-state index in [1.54, 1.807) is 0 Å². The van der Waals surface area contributed by atoms with Crippen molar-refractivity contribution in [1.29, 1.82) is 0 Å². The van der Waals surface area contributed by atoms with Crippen LogP contribution in [-0.4, -0.2) is 45.0 Å². The van der Waals surface area contributed by atoms with Crippen molar-refractivity contribution in [2.45, 2.75) is 51.3 Å². The Balaban J connectivity index is 4.95. The van der Waals surface area contributed by atoms with Crippen LogP contribution in [0.25, 0.3) is 0 Å². The van der Waals surface area contributed by atoms with Crippen molar-refractivity contribution in [2.75, 3.05) is 19.3 Å². The molecule has 0 saturated carbocycles. The molecule has 0 radical (unpaired) electrons. The summed E-state index contributed by atoms with van der Waals surface area (Å²) in [4.78, 5) is 11.3. The van der Waals surface area contributed by atoms with Crippen LogP contribution in [0.1, 0.15) is 40.0 Å². The molecule has 0 aliphatic heterocycles. The van der Waals surface area contributed by atoms with Crippen molar-refractivity contribution in [3.05, 3.63) is 0 Å². The molecule has 0 aromatic heterocycles. The summed E-state index contributed by atoms with van der Waals surface area (Å²) in [6.07, 6.45) is 2.25. The monoisotopic (exact) mass is 278 g/mol. The van der Waals surface area contributed by atoms with Crippen LogP contribution in [0, 0.1) is 0 Å². The van der Waals surface area contributed by atoms with Crippen molar-refractivity contribution in [3.63, 3.8) is 0 Å². The van der Waals surface area contributed by atoms with Crippen molar-refractivity contribution < 1.29 is 13.2 Å². The normalized spacial score (nSPS) is 15.1. The number of hydrogen-bond donors (Lipinski definition) is 2. The molecule has 0 aliphatic rings. The molecule has 1 amide bonds. The predicted molar refractivity (Wildman–Crippen MR) is 74.3 cm³/mol. The highest BCUT2D eigenvalue weighted by Crippen LogP contribution is 2.16. The SMILES string of the molecule is CCCC(NCC)C(CC)S(=O)(=O)CC(=O)NC. The van der Waals surface area contributed by atoms with Gasteiger partial charge in [-0.2, -0.15) is 0 Å². The number of amides is 1. The van der Waals surface area contributed by atoms with E-state index >= 15 is 0 Å². The fourth-order valence-corrected chi connectivity index (χ4v) is 4.11. The second-order valence-electron chi connectivity index (χ2n) is 4.38. The summed E-state index contributed by atoms with van der Waals surface area (Å²) < 4.78 is 24.4. The molecule has 0 rings (SSSR count). The van der Waals surface area contributed by atoms with Gasteiger partial charge in [0, 0.05) is 13.1 Å². The molecule has 2 N–H and O–H groups in total. The van der Waals surface area contributed by atoms with Crippen LogP contribution in [0.15, 0.2) is 0 Å². The lowest BCUT2D eigenvalue weighted by Crippen LogP contribution is -2.46. The molecule has 18 heavy (non-hydrogen) atoms. The van der Waals surface area contributed by atoms with Gasteiger partial charge in [-0.15, -0.1) is 0 Å². The summed E-state index contributed by atoms with van der Waals surface area (Å²) in [6, 6.07) is -0.0698. The van der Waals surface area contributed by atoms with Crippen molar-refractivity contribution in [1.82, 2.24) is 10.6 Å². The Hall–Kier alpha value is -0.620. The van der Waals surface area contributed by atoms with E-state index < -0.39 is 26.7 Å². The number of sulfone groups is 1. The summed E-state index contributed by atoms with van der Waals surface area (Å²) in [5.74, 6) is -0.867. The van der Waals surface area contributed by atoms with Crippen molar-refractivity contribution in [2.24, 2.45) is 0 Å². The molecule has 6 heteroatoms. The Morgan fingerprint density at radius 1 is 1.22 bits per heavy atom. The molecule has 0 aromatic rings. The van der Waals surface area contributed by atoms with Crippen molar-refractivity contribution in [3.8, 4) is 0 Å². The van der Waals surface area contributed by atoms with Crippen LogP contribution in [0.5, 0.6) is 0 Å². The van der Waals surface area contributed by atoms with Gasteiger partial charge in [0.1, 0.15) is 5.75 Å². The number of rotatable bonds is 9. The van der Waals surface area contributed by atoms with E-state index in [1.165, 1.54) is 7.05 Å². The fraction of sp³-hybridized carbons (Fsp3) is 0.917. The van der Waals surface area contributed by atoms with E-state index in [4.69, 9.17) is 0 Å². The van der Waals surface area contributed by atoms with Crippen LogP contribution < -0.4 is 10.6 Å². The standard InChI is InChI=1S/C12H26N2O3S/c1-5-8-10(14-7-3)11(6-2)18(16,17)9-12(15)13-4/h10-11,14H,5-9H2,1-4H3,(H,13,15). The minimum Gasteiger partial charge on any atom is -0.358 e. The average molecular weight is 278 g/mol. The van der Waals surface area contributed by atoms with Gasteiger partial charge in [0.25, 0.3) is 0 Å². The summed E-state index contributed by atoms with van der Waals surface area (Å²) >= 11 is 0. The lowest BCUT2D eigenvalue weighted by molar-refractivity contribution is -0.118. The highest BCUT2D eigenvalue weighted by atomic mass is 32.2. The molecule has 5 nitrogen and oxygen atoms in total. The number of carbonyl (C=O) groups is 1. The molecular formula is C12H26N2O3S. The first-order valence-electron chi connectivity index (χ1n) is 6.58. The zero-order chi connectivity index (χ0) is 14.2. The number of nitrogens with one attached hydrogen (secondary N) is 2. The molecule has 0 fully saturated rings. The molecule has 0 aromatic carbocycles. The number of carbonyl (C=O) groups excluding carboxylic acids is 1. The van der Waals surface area contributed by atoms with Gasteiger partial charge in [0.2, 0.25) is 5.91 Å². The van der Waals surface area contributed by atoms with Gasteiger partial charge in [-0.1, -0.05) is 27.2 Å². The Morgan fingerprint density at radius 3 is 2.22 bits per heavy atom. The molecule has 0 heterocycles. The van der Waals surface area contributed by atoms with Gasteiger partial charge in [0.05, 0.1) is 5.25 Å². The maximum atomic E-state index is 12.2. The summed E-state index contributed by atoms with van der Waals surface area (Å²) in [5.41, 5.74) is 0. The summed E-state index contributed by atoms with van der Waals surface area (Å²) in [5, 5.41) is 5.09. The van der Waals surface area contributed by atoms with Gasteiger partial charge < -0.3 is 10.6 Å². The lowest BCUT2D eigenvalue weighted by Gasteiger charge is -2.26. The van der Waals surface area contributed by atoms with E-state index in [-0.39, 0.29) is 6.04 Å². The zero-order valence-corrected chi connectivity index (χ0v) is 12.6. The Kier molecular flexibility index (Phi) is 8.18. The zero-order valence-electron chi connectivity index (χ0n) is 11.8. The van der Waals surface area contributed by atoms with E-state index in [0.717, 1.165) is 19.4 Å². The van der Waals surface area contributed by atoms with Crippen LogP contribution in [-0.2, 0) is 14.6 Å². The van der Waals surface area contributed by atoms with Crippen LogP contribution in [0.4, 0.5) is 0 Å². The fourth-order valence-electron chi connectivity index (χ4n) is 2.14. The maximum absolute atomic E-state index is 12.2. The molecule has 108 valence electrons. The van der Waals surface area contributed by atoms with E-state index in [2.05, 4.69) is 10.6 Å². The quantitative estimate of drug-likeness (QED) is 0.651. The van der Waals surface area contributed by atoms with E-state index in [1.807, 2.05) is 20.8 Å². The Morgan fingerprint density at radius 2 is 1.83 bits per heavy atom. The van der Waals surface area contributed by atoms with Crippen molar-refractivity contribution >= 4 is 15.7 Å². The van der Waals surface area contributed by atoms with E-state index in [0.29, 0.717) is 6.42 Å². The smallest absolute Gasteiger partial charge is 0.234 e. The van der Waals surface area contributed by atoms with Gasteiger partial charge in [-0.3, -0.25) is 4.79 Å². The first-order chi connectivity index (χ1) is 8.42. The molecular weight excluding hydrogens is 252 g/mol. The number of hydrogen-bond acceptors (Lipinski definition) is 4. The lowest BCUT2D eigenvalue weighted by atomic mass is 10.1. The van der Waals surface area contributed by atoms with Gasteiger partial charge >= 0.3 is 0 Å². The minimum atomic E-state index is -3.40. The van der Waals surface area contributed by atoms with Crippen LogP contribution in [0.3, 0.4) is 0 Å². The van der Waals surface area contributed by atoms with Crippen LogP contribution >= 0.6 is 0 Å². The second kappa shape index (κ2) is 8.48. The third-order valence-electron chi connectivity index (χ3n) is 2.99. The van der Waals surface area contributed by atoms with E-state index in [9.17, 15) is 13.2 Å². The van der Waals surface area contributed by atoms with Gasteiger partial charge in [0.15, 0.2) is 9.84 Å². The molecule has 0 bridgehead atoms. The Labute approximate surface area is 111 Å². The van der Waals surface area contributed by atoms with Gasteiger partial charge in [-0.25, -0.2) is 8.42 Å². The second-order valence-corrected chi connectivity index (χ2v) is 6.60. The third kappa shape index (κ3) is 5.35. The molecule has 0 spiro atoms. The molecule has 2 atom stereocenters. The third-order valence-corrected chi connectivity index (χ3v) is 5.24. The van der Waals surface area contributed by atoms with Gasteiger partial charge in [-0.05, 0) is 19.4 Å². The maximum Gasteiger partial charge on any atom is 0.234 e. The highest BCUT2D eigenvalue weighted by Gasteiger charge is 2.32. The Bertz CT molecular complexity index is 335. The predicted octanol–water partition coefficient (Wildman–Crippen LogP) is 0.704. The topological polar surface area (TPSA) is 75.3 Å². The largest absolute Gasteiger partial charge is 0.358 e. The first-order valence-corrected chi connectivity index (χ1v) is 8.29. The molecule has 0 saturated heterocycles.